The molecule has 0 spiro atoms. The van der Waals surface area contributed by atoms with Crippen LogP contribution in [0, 0.1) is 11.8 Å². The summed E-state index contributed by atoms with van der Waals surface area (Å²) in [4.78, 5) is 104. The van der Waals surface area contributed by atoms with E-state index in [2.05, 4.69) is 36.9 Å². The van der Waals surface area contributed by atoms with Crippen molar-refractivity contribution in [2.45, 2.75) is 129 Å². The van der Waals surface area contributed by atoms with Crippen LogP contribution < -0.4 is 43.4 Å². The van der Waals surface area contributed by atoms with Gasteiger partial charge in [-0.2, -0.15) is 0 Å². The third kappa shape index (κ3) is 18.7. The van der Waals surface area contributed by atoms with E-state index in [1.165, 1.54) is 17.0 Å². The fourth-order valence-corrected chi connectivity index (χ4v) is 9.05. The number of carbonyl (C=O) groups excluding carboxylic acids is 7. The van der Waals surface area contributed by atoms with E-state index in [0.717, 1.165) is 21.9 Å². The lowest BCUT2D eigenvalue weighted by molar-refractivity contribution is -0.142. The number of likely N-dealkylation sites (tertiary alicyclic amines) is 1. The van der Waals surface area contributed by atoms with Gasteiger partial charge in [0, 0.05) is 26.1 Å². The van der Waals surface area contributed by atoms with Crippen LogP contribution in [-0.4, -0.2) is 120 Å². The predicted molar refractivity (Wildman–Crippen MR) is 287 cm³/mol. The van der Waals surface area contributed by atoms with Crippen molar-refractivity contribution < 1.29 is 43.4 Å². The van der Waals surface area contributed by atoms with Crippen LogP contribution in [0.25, 0.3) is 10.8 Å². The molecule has 19 nitrogen and oxygen atoms in total. The first-order valence-corrected chi connectivity index (χ1v) is 25.9. The van der Waals surface area contributed by atoms with Crippen LogP contribution in [0.3, 0.4) is 0 Å². The number of nitrogens with one attached hydrogen (secondary N) is 6. The van der Waals surface area contributed by atoms with Crippen molar-refractivity contribution >= 4 is 58.1 Å². The number of likely N-dealkylation sites (N-methyl/N-ethyl adjacent to an activating group) is 1. The Morgan fingerprint density at radius 2 is 1.28 bits per heavy atom. The Bertz CT molecular complexity index is 2570. The number of phenols is 1. The van der Waals surface area contributed by atoms with E-state index < -0.39 is 71.7 Å². The minimum absolute atomic E-state index is 0.0109. The molecule has 0 aromatic heterocycles. The molecule has 1 fully saturated rings. The van der Waals surface area contributed by atoms with Gasteiger partial charge >= 0.3 is 0 Å². The zero-order valence-electron chi connectivity index (χ0n) is 43.8. The molecule has 1 aliphatic heterocycles. The number of aromatic hydroxyl groups is 1. The van der Waals surface area contributed by atoms with Gasteiger partial charge in [-0.15, -0.1) is 0 Å². The third-order valence-electron chi connectivity index (χ3n) is 12.7. The summed E-state index contributed by atoms with van der Waals surface area (Å²) in [5.74, 6) is -4.34. The van der Waals surface area contributed by atoms with Crippen molar-refractivity contribution in [1.82, 2.24) is 36.8 Å². The summed E-state index contributed by atoms with van der Waals surface area (Å²) in [6.07, 6.45) is 1.70. The summed E-state index contributed by atoms with van der Waals surface area (Å²) in [5, 5.41) is 28.9. The quantitative estimate of drug-likeness (QED) is 0.0226. The molecule has 0 aliphatic carbocycles. The van der Waals surface area contributed by atoms with E-state index >= 15 is 0 Å². The van der Waals surface area contributed by atoms with Gasteiger partial charge in [-0.3, -0.25) is 38.6 Å². The highest BCUT2D eigenvalue weighted by Gasteiger charge is 2.39. The van der Waals surface area contributed by atoms with Crippen LogP contribution in [-0.2, 0) is 57.7 Å². The number of benzene rings is 4. The highest BCUT2D eigenvalue weighted by atomic mass is 16.5. The number of ether oxygens (including phenoxy) is 1. The van der Waals surface area contributed by atoms with E-state index in [9.17, 15) is 38.7 Å². The Hall–Kier alpha value is -7.54. The lowest BCUT2D eigenvalue weighted by atomic mass is 9.98. The van der Waals surface area contributed by atoms with Crippen molar-refractivity contribution in [3.05, 3.63) is 114 Å². The third-order valence-corrected chi connectivity index (χ3v) is 12.7. The molecule has 5 rings (SSSR count). The Balaban J connectivity index is 1.38. The van der Waals surface area contributed by atoms with E-state index in [4.69, 9.17) is 16.2 Å². The highest BCUT2D eigenvalue weighted by molar-refractivity contribution is 5.98. The normalized spacial score (nSPS) is 15.2. The monoisotopic (exact) mass is 1030 g/mol. The highest BCUT2D eigenvalue weighted by Crippen LogP contribution is 2.22. The molecule has 11 N–H and O–H groups in total. The maximum absolute atomic E-state index is 14.6. The second-order valence-corrected chi connectivity index (χ2v) is 19.8. The second kappa shape index (κ2) is 29.4. The van der Waals surface area contributed by atoms with E-state index in [0.29, 0.717) is 37.9 Å². The number of fused-ring (bicyclic) bond motifs is 1. The van der Waals surface area contributed by atoms with Gasteiger partial charge in [0.1, 0.15) is 42.0 Å². The summed E-state index contributed by atoms with van der Waals surface area (Å²) in [6, 6.07) is 22.0. The van der Waals surface area contributed by atoms with Gasteiger partial charge < -0.3 is 58.1 Å². The maximum Gasteiger partial charge on any atom is 0.245 e. The molecule has 4 aromatic carbocycles. The summed E-state index contributed by atoms with van der Waals surface area (Å²) < 4.78 is 6.00. The molecule has 1 aliphatic rings. The van der Waals surface area contributed by atoms with Crippen molar-refractivity contribution in [3.8, 4) is 5.75 Å². The Labute approximate surface area is 439 Å². The van der Waals surface area contributed by atoms with Crippen LogP contribution in [0.5, 0.6) is 5.75 Å². The molecule has 1 heterocycles. The number of nitrogens with two attached hydrogens (primary N) is 2. The number of nitrogens with zero attached hydrogens (tertiary/aromatic N) is 2. The molecule has 4 aromatic rings. The number of hydrogen-bond donors (Lipinski definition) is 9. The number of guanidine groups is 1. The molecule has 75 heavy (non-hydrogen) atoms. The minimum atomic E-state index is -1.31. The number of rotatable bonds is 28. The number of aliphatic imine (C=N–C) groups is 1. The van der Waals surface area contributed by atoms with E-state index in [1.807, 2.05) is 100 Å². The predicted octanol–water partition coefficient (Wildman–Crippen LogP) is 3.24. The lowest BCUT2D eigenvalue weighted by Crippen LogP contribution is -2.60. The number of phenolic OH excluding ortho intramolecular Hbond substituents is 1. The molecule has 6 atom stereocenters. The van der Waals surface area contributed by atoms with Crippen LogP contribution in [0.15, 0.2) is 102 Å². The molecule has 1 unspecified atom stereocenters. The first kappa shape index (κ1) is 58.4. The van der Waals surface area contributed by atoms with E-state index in [1.54, 1.807) is 19.1 Å². The zero-order valence-corrected chi connectivity index (χ0v) is 43.8. The number of hydrogen-bond acceptors (Lipinski definition) is 10. The lowest BCUT2D eigenvalue weighted by Gasteiger charge is -2.31. The first-order valence-electron chi connectivity index (χ1n) is 25.9. The molecule has 1 saturated heterocycles. The Kier molecular flexibility index (Phi) is 22.9. The average Bonchev–Trinajstić information content (AvgIpc) is 3.87. The largest absolute Gasteiger partial charge is 0.508 e. The summed E-state index contributed by atoms with van der Waals surface area (Å²) in [5.41, 5.74) is 13.3. The molecule has 0 bridgehead atoms. The molecule has 0 saturated carbocycles. The van der Waals surface area contributed by atoms with Gasteiger partial charge in [0.2, 0.25) is 41.4 Å². The fourth-order valence-electron chi connectivity index (χ4n) is 9.05. The van der Waals surface area contributed by atoms with Crippen molar-refractivity contribution in [2.75, 3.05) is 26.2 Å². The maximum atomic E-state index is 14.6. The summed E-state index contributed by atoms with van der Waals surface area (Å²) in [7, 11) is 0. The van der Waals surface area contributed by atoms with Crippen LogP contribution in [0.4, 0.5) is 0 Å². The minimum Gasteiger partial charge on any atom is -0.508 e. The second-order valence-electron chi connectivity index (χ2n) is 19.8. The van der Waals surface area contributed by atoms with Crippen LogP contribution in [0.2, 0.25) is 0 Å². The summed E-state index contributed by atoms with van der Waals surface area (Å²) in [6.45, 7) is 10.1. The standard InChI is InChI=1S/C56H76N10O9/c1-6-59-54(73)48-22-14-28-66(48)55(74)43(21-13-27-60-56(57)58)62-50(69)44(29-35(2)3)63-51(70)45(30-36(4)5)64-52(71)46(31-37-23-25-41(67)26-24-37)65-53(72)47(34-75-33-38-15-8-7-9-16-38)61-49(68)32-40-19-12-18-39-17-10-11-20-42(39)40/h7-12,15-20,23-26,35-36,43-48,67H,6,13-14,21-22,27-34H2,1-5H3,(H,59,73)(H,61,68)(H,62,69)(H,63,70)(H,64,71)(H,65,72)(H4,57,58,60)/t43-,44-,45+,46-,47-,48?/m0/s1. The van der Waals surface area contributed by atoms with Gasteiger partial charge in [-0.1, -0.05) is 113 Å². The van der Waals surface area contributed by atoms with Crippen molar-refractivity contribution in [3.63, 3.8) is 0 Å². The van der Waals surface area contributed by atoms with Gasteiger partial charge in [0.25, 0.3) is 0 Å². The van der Waals surface area contributed by atoms with Crippen molar-refractivity contribution in [2.24, 2.45) is 28.3 Å². The zero-order chi connectivity index (χ0) is 54.4. The van der Waals surface area contributed by atoms with Gasteiger partial charge in [0.15, 0.2) is 5.96 Å². The average molecular weight is 1030 g/mol. The Morgan fingerprint density at radius 3 is 1.92 bits per heavy atom. The molecule has 0 radical (unpaired) electrons. The van der Waals surface area contributed by atoms with Gasteiger partial charge in [0.05, 0.1) is 19.6 Å². The van der Waals surface area contributed by atoms with Crippen molar-refractivity contribution in [1.29, 1.82) is 0 Å². The summed E-state index contributed by atoms with van der Waals surface area (Å²) >= 11 is 0. The van der Waals surface area contributed by atoms with Crippen LogP contribution in [0.1, 0.15) is 89.8 Å². The fraction of sp³-hybridized carbons (Fsp3) is 0.464. The Morgan fingerprint density at radius 1 is 0.693 bits per heavy atom. The number of carbonyl (C=O) groups is 7. The van der Waals surface area contributed by atoms with Crippen LogP contribution >= 0.6 is 0 Å². The molecule has 7 amide bonds. The number of amides is 7. The first-order chi connectivity index (χ1) is 35.9. The SMILES string of the molecule is CCNC(=O)C1CCCN1C(=O)[C@H](CCCN=C(N)N)NC(=O)[C@H](CC(C)C)NC(=O)[C@@H](CC(C)C)NC(=O)[C@H](Cc1ccc(O)cc1)NC(=O)[C@H](COCc1ccccc1)NC(=O)Cc1cccc2ccccc12. The topological polar surface area (TPSA) is 289 Å². The molecule has 19 heteroatoms. The van der Waals surface area contributed by atoms with Gasteiger partial charge in [-0.05, 0) is 96.9 Å². The molecular weight excluding hydrogens is 957 g/mol. The molecule has 404 valence electrons. The van der Waals surface area contributed by atoms with Gasteiger partial charge in [-0.25, -0.2) is 0 Å². The van der Waals surface area contributed by atoms with E-state index in [-0.39, 0.29) is 81.3 Å². The molecular formula is C56H76N10O9. The smallest absolute Gasteiger partial charge is 0.245 e.